The number of rotatable bonds is 3. The molecule has 0 radical (unpaired) electrons. The van der Waals surface area contributed by atoms with Crippen molar-refractivity contribution in [3.8, 4) is 0 Å². The normalized spacial score (nSPS) is 13.7. The van der Waals surface area contributed by atoms with E-state index < -0.39 is 0 Å². The SMILES string of the molecule is CC(/N=c1/nccc[nH]1)=C(/C)C(=O)CBr. The van der Waals surface area contributed by atoms with Gasteiger partial charge in [-0.1, -0.05) is 15.9 Å². The third-order valence-electron chi connectivity index (χ3n) is 1.95. The fourth-order valence-corrected chi connectivity index (χ4v) is 1.34. The van der Waals surface area contributed by atoms with Gasteiger partial charge in [-0.05, 0) is 19.9 Å². The first kappa shape index (κ1) is 11.8. The van der Waals surface area contributed by atoms with Crippen molar-refractivity contribution in [2.45, 2.75) is 13.8 Å². The summed E-state index contributed by atoms with van der Waals surface area (Å²) in [6.45, 7) is 3.55. The molecule has 0 bridgehead atoms. The summed E-state index contributed by atoms with van der Waals surface area (Å²) in [5.41, 5.74) is 1.82. The molecular formula is C10H12BrN3O. The summed E-state index contributed by atoms with van der Waals surface area (Å²) < 4.78 is 0. The van der Waals surface area contributed by atoms with Crippen LogP contribution in [-0.2, 0) is 4.79 Å². The number of hydrogen-bond acceptors (Lipinski definition) is 3. The number of carbonyl (C=O) groups is 1. The third kappa shape index (κ3) is 3.43. The highest BCUT2D eigenvalue weighted by atomic mass is 79.9. The molecule has 1 rings (SSSR count). The molecule has 0 atom stereocenters. The number of carbonyl (C=O) groups excluding carboxylic acids is 1. The van der Waals surface area contributed by atoms with Crippen LogP contribution in [0.4, 0.5) is 0 Å². The van der Waals surface area contributed by atoms with Crippen LogP contribution < -0.4 is 5.62 Å². The molecule has 15 heavy (non-hydrogen) atoms. The quantitative estimate of drug-likeness (QED) is 0.669. The van der Waals surface area contributed by atoms with Gasteiger partial charge in [0.2, 0.25) is 5.62 Å². The molecule has 1 aromatic rings. The number of allylic oxidation sites excluding steroid dienone is 2. The summed E-state index contributed by atoms with van der Waals surface area (Å²) >= 11 is 3.12. The van der Waals surface area contributed by atoms with Gasteiger partial charge in [-0.3, -0.25) is 4.79 Å². The topological polar surface area (TPSA) is 58.1 Å². The predicted molar refractivity (Wildman–Crippen MR) is 61.3 cm³/mol. The van der Waals surface area contributed by atoms with Crippen LogP contribution in [0.25, 0.3) is 0 Å². The molecule has 0 aromatic carbocycles. The first-order valence-electron chi connectivity index (χ1n) is 4.46. The van der Waals surface area contributed by atoms with Gasteiger partial charge in [0.05, 0.1) is 5.33 Å². The fourth-order valence-electron chi connectivity index (χ4n) is 0.922. The highest BCUT2D eigenvalue weighted by Crippen LogP contribution is 2.06. The summed E-state index contributed by atoms with van der Waals surface area (Å²) in [6.07, 6.45) is 3.38. The maximum atomic E-state index is 11.3. The van der Waals surface area contributed by atoms with Crippen molar-refractivity contribution in [1.29, 1.82) is 0 Å². The van der Waals surface area contributed by atoms with Gasteiger partial charge < -0.3 is 4.98 Å². The second-order valence-electron chi connectivity index (χ2n) is 2.98. The summed E-state index contributed by atoms with van der Waals surface area (Å²) in [7, 11) is 0. The van der Waals surface area contributed by atoms with Crippen LogP contribution in [0.15, 0.2) is 34.7 Å². The van der Waals surface area contributed by atoms with Gasteiger partial charge >= 0.3 is 0 Å². The van der Waals surface area contributed by atoms with E-state index in [-0.39, 0.29) is 5.78 Å². The third-order valence-corrected chi connectivity index (χ3v) is 2.46. The number of Topliss-reactive ketones (excluding diaryl/α,β-unsaturated/α-hetero) is 1. The molecule has 0 amide bonds. The molecule has 0 saturated carbocycles. The highest BCUT2D eigenvalue weighted by molar-refractivity contribution is 9.09. The minimum Gasteiger partial charge on any atom is -0.331 e. The number of ketones is 1. The highest BCUT2D eigenvalue weighted by Gasteiger charge is 2.04. The van der Waals surface area contributed by atoms with Crippen LogP contribution in [0.5, 0.6) is 0 Å². The van der Waals surface area contributed by atoms with E-state index in [0.717, 1.165) is 0 Å². The number of nitrogens with zero attached hydrogens (tertiary/aromatic N) is 2. The zero-order valence-electron chi connectivity index (χ0n) is 8.62. The number of nitrogens with one attached hydrogen (secondary N) is 1. The van der Waals surface area contributed by atoms with Gasteiger partial charge in [-0.25, -0.2) is 9.98 Å². The fraction of sp³-hybridized carbons (Fsp3) is 0.300. The monoisotopic (exact) mass is 269 g/mol. The standard InChI is InChI=1S/C10H12BrN3O/c1-7(9(15)6-11)8(2)14-10-12-4-3-5-13-10/h3-5H,6H2,1-2H3,(H,12,13,14)/b8-7+. The van der Waals surface area contributed by atoms with E-state index in [9.17, 15) is 4.79 Å². The number of halogens is 1. The summed E-state index contributed by atoms with van der Waals surface area (Å²) in [5.74, 6) is 0.0344. The van der Waals surface area contributed by atoms with Crippen molar-refractivity contribution in [3.05, 3.63) is 35.3 Å². The Morgan fingerprint density at radius 2 is 2.33 bits per heavy atom. The van der Waals surface area contributed by atoms with E-state index >= 15 is 0 Å². The number of aromatic amines is 1. The minimum absolute atomic E-state index is 0.0344. The maximum Gasteiger partial charge on any atom is 0.226 e. The maximum absolute atomic E-state index is 11.3. The molecule has 4 nitrogen and oxygen atoms in total. The molecule has 1 heterocycles. The average Bonchev–Trinajstić information content (AvgIpc) is 2.28. The lowest BCUT2D eigenvalue weighted by Crippen LogP contribution is -2.12. The molecule has 0 aliphatic heterocycles. The second-order valence-corrected chi connectivity index (χ2v) is 3.54. The van der Waals surface area contributed by atoms with Gasteiger partial charge in [-0.2, -0.15) is 0 Å². The summed E-state index contributed by atoms with van der Waals surface area (Å²) in [4.78, 5) is 22.4. The number of alkyl halides is 1. The molecule has 0 aliphatic rings. The Bertz CT molecular complexity index is 430. The zero-order chi connectivity index (χ0) is 11.3. The van der Waals surface area contributed by atoms with Gasteiger partial charge in [0.1, 0.15) is 0 Å². The average molecular weight is 270 g/mol. The number of aromatic nitrogens is 2. The molecule has 0 unspecified atom stereocenters. The van der Waals surface area contributed by atoms with Crippen LogP contribution in [-0.4, -0.2) is 21.1 Å². The molecule has 0 aliphatic carbocycles. The van der Waals surface area contributed by atoms with Crippen LogP contribution >= 0.6 is 15.9 Å². The molecular weight excluding hydrogens is 258 g/mol. The molecule has 0 saturated heterocycles. The Morgan fingerprint density at radius 1 is 1.60 bits per heavy atom. The van der Waals surface area contributed by atoms with Crippen LogP contribution in [0, 0.1) is 0 Å². The van der Waals surface area contributed by atoms with E-state index in [4.69, 9.17) is 0 Å². The van der Waals surface area contributed by atoms with Gasteiger partial charge in [0.25, 0.3) is 0 Å². The Kier molecular flexibility index (Phi) is 4.42. The Morgan fingerprint density at radius 3 is 2.87 bits per heavy atom. The van der Waals surface area contributed by atoms with Crippen LogP contribution in [0.3, 0.4) is 0 Å². The van der Waals surface area contributed by atoms with E-state index in [2.05, 4.69) is 30.9 Å². The number of hydrogen-bond donors (Lipinski definition) is 1. The minimum atomic E-state index is 0.0344. The van der Waals surface area contributed by atoms with Gasteiger partial charge in [0.15, 0.2) is 5.78 Å². The predicted octanol–water partition coefficient (Wildman–Crippen LogP) is 1.57. The van der Waals surface area contributed by atoms with Crippen LogP contribution in [0.1, 0.15) is 13.8 Å². The van der Waals surface area contributed by atoms with Crippen molar-refractivity contribution < 1.29 is 4.79 Å². The van der Waals surface area contributed by atoms with E-state index in [1.165, 1.54) is 0 Å². The first-order valence-corrected chi connectivity index (χ1v) is 5.58. The van der Waals surface area contributed by atoms with E-state index in [0.29, 0.717) is 22.2 Å². The lowest BCUT2D eigenvalue weighted by atomic mass is 10.2. The zero-order valence-corrected chi connectivity index (χ0v) is 10.2. The summed E-state index contributed by atoms with van der Waals surface area (Å²) in [6, 6.07) is 1.77. The Hall–Kier alpha value is -1.23. The van der Waals surface area contributed by atoms with Crippen molar-refractivity contribution in [3.63, 3.8) is 0 Å². The molecule has 80 valence electrons. The number of H-pyrrole nitrogens is 1. The molecule has 0 spiro atoms. The Balaban J connectivity index is 3.06. The lowest BCUT2D eigenvalue weighted by Gasteiger charge is -1.98. The molecule has 0 fully saturated rings. The van der Waals surface area contributed by atoms with Gasteiger partial charge in [0, 0.05) is 23.7 Å². The van der Waals surface area contributed by atoms with Crippen molar-refractivity contribution in [2.75, 3.05) is 5.33 Å². The summed E-state index contributed by atoms with van der Waals surface area (Å²) in [5, 5.41) is 0.317. The Labute approximate surface area is 96.3 Å². The largest absolute Gasteiger partial charge is 0.331 e. The van der Waals surface area contributed by atoms with Crippen molar-refractivity contribution >= 4 is 21.7 Å². The lowest BCUT2D eigenvalue weighted by molar-refractivity contribution is -0.113. The van der Waals surface area contributed by atoms with E-state index in [1.807, 2.05) is 0 Å². The van der Waals surface area contributed by atoms with Crippen molar-refractivity contribution in [1.82, 2.24) is 9.97 Å². The smallest absolute Gasteiger partial charge is 0.226 e. The molecule has 1 aromatic heterocycles. The molecule has 1 N–H and O–H groups in total. The van der Waals surface area contributed by atoms with Crippen molar-refractivity contribution in [2.24, 2.45) is 4.99 Å². The van der Waals surface area contributed by atoms with Crippen LogP contribution in [0.2, 0.25) is 0 Å². The van der Waals surface area contributed by atoms with Gasteiger partial charge in [-0.15, -0.1) is 0 Å². The molecule has 5 heteroatoms. The second kappa shape index (κ2) is 5.60. The van der Waals surface area contributed by atoms with E-state index in [1.54, 1.807) is 32.3 Å². The first-order chi connectivity index (χ1) is 7.15.